The van der Waals surface area contributed by atoms with Crippen LogP contribution >= 0.6 is 12.4 Å². The van der Waals surface area contributed by atoms with E-state index in [4.69, 9.17) is 5.73 Å². The third-order valence-corrected chi connectivity index (χ3v) is 3.38. The standard InChI is InChI=1S/C13H17N5.ClH/c1-9-7-18(5-4-15-9)10-2-3-12-11(6-10)13(14)17-8-16-12;/h2-3,6,8-9,15H,4-5,7H2,1H3,(H2,14,16,17);1H. The average Bonchev–Trinajstić information content (AvgIpc) is 2.39. The van der Waals surface area contributed by atoms with Crippen LogP contribution in [0.1, 0.15) is 6.92 Å². The lowest BCUT2D eigenvalue weighted by molar-refractivity contribution is 0.485. The van der Waals surface area contributed by atoms with Crippen LogP contribution < -0.4 is 16.0 Å². The largest absolute Gasteiger partial charge is 0.383 e. The second-order valence-electron chi connectivity index (χ2n) is 4.76. The Morgan fingerprint density at radius 2 is 2.21 bits per heavy atom. The van der Waals surface area contributed by atoms with Crippen LogP contribution in [-0.4, -0.2) is 35.6 Å². The van der Waals surface area contributed by atoms with E-state index in [2.05, 4.69) is 39.2 Å². The van der Waals surface area contributed by atoms with Crippen LogP contribution in [0.2, 0.25) is 0 Å². The van der Waals surface area contributed by atoms with Crippen molar-refractivity contribution in [1.29, 1.82) is 0 Å². The van der Waals surface area contributed by atoms with E-state index in [1.165, 1.54) is 12.0 Å². The number of nitrogens with one attached hydrogen (secondary N) is 1. The number of piperazine rings is 1. The topological polar surface area (TPSA) is 67.1 Å². The molecule has 1 aliphatic heterocycles. The van der Waals surface area contributed by atoms with Gasteiger partial charge in [0.05, 0.1) is 5.52 Å². The summed E-state index contributed by atoms with van der Waals surface area (Å²) in [5.74, 6) is 0.546. The Hall–Kier alpha value is -1.59. The first-order valence-corrected chi connectivity index (χ1v) is 6.22. The lowest BCUT2D eigenvalue weighted by atomic mass is 10.1. The van der Waals surface area contributed by atoms with Gasteiger partial charge in [0.1, 0.15) is 12.1 Å². The molecule has 0 amide bonds. The summed E-state index contributed by atoms with van der Waals surface area (Å²) in [5, 5.41) is 4.37. The predicted octanol–water partition coefficient (Wildman–Crippen LogP) is 1.43. The average molecular weight is 280 g/mol. The summed E-state index contributed by atoms with van der Waals surface area (Å²) in [6.45, 7) is 5.24. The molecule has 6 heteroatoms. The van der Waals surface area contributed by atoms with E-state index >= 15 is 0 Å². The second-order valence-corrected chi connectivity index (χ2v) is 4.76. The highest BCUT2D eigenvalue weighted by molar-refractivity contribution is 5.90. The summed E-state index contributed by atoms with van der Waals surface area (Å²) < 4.78 is 0. The molecule has 19 heavy (non-hydrogen) atoms. The fraction of sp³-hybridized carbons (Fsp3) is 0.385. The number of aromatic nitrogens is 2. The first-order valence-electron chi connectivity index (χ1n) is 6.22. The molecule has 1 saturated heterocycles. The number of nitrogens with two attached hydrogens (primary N) is 1. The summed E-state index contributed by atoms with van der Waals surface area (Å²) in [7, 11) is 0. The number of fused-ring (bicyclic) bond motifs is 1. The number of hydrogen-bond donors (Lipinski definition) is 2. The molecule has 1 aliphatic rings. The van der Waals surface area contributed by atoms with Crippen molar-refractivity contribution >= 4 is 34.8 Å². The highest BCUT2D eigenvalue weighted by atomic mass is 35.5. The van der Waals surface area contributed by atoms with Crippen molar-refractivity contribution in [3.63, 3.8) is 0 Å². The third-order valence-electron chi connectivity index (χ3n) is 3.38. The summed E-state index contributed by atoms with van der Waals surface area (Å²) in [4.78, 5) is 10.6. The number of rotatable bonds is 1. The van der Waals surface area contributed by atoms with Gasteiger partial charge in [0.2, 0.25) is 0 Å². The first-order chi connectivity index (χ1) is 8.74. The van der Waals surface area contributed by atoms with E-state index in [0.29, 0.717) is 11.9 Å². The van der Waals surface area contributed by atoms with Crippen LogP contribution in [-0.2, 0) is 0 Å². The Morgan fingerprint density at radius 1 is 1.37 bits per heavy atom. The van der Waals surface area contributed by atoms with E-state index in [1.54, 1.807) is 0 Å². The van der Waals surface area contributed by atoms with Gasteiger partial charge in [-0.3, -0.25) is 0 Å². The van der Waals surface area contributed by atoms with E-state index in [0.717, 1.165) is 30.5 Å². The van der Waals surface area contributed by atoms with Crippen molar-refractivity contribution in [2.24, 2.45) is 0 Å². The van der Waals surface area contributed by atoms with Crippen LogP contribution in [0.25, 0.3) is 10.9 Å². The molecular weight excluding hydrogens is 262 g/mol. The van der Waals surface area contributed by atoms with Gasteiger partial charge in [0.15, 0.2) is 0 Å². The molecule has 3 N–H and O–H groups in total. The molecule has 2 aromatic rings. The molecular formula is C13H18ClN5. The SMILES string of the molecule is CC1CN(c2ccc3ncnc(N)c3c2)CCN1.Cl. The number of halogens is 1. The minimum Gasteiger partial charge on any atom is -0.383 e. The van der Waals surface area contributed by atoms with Gasteiger partial charge < -0.3 is 16.0 Å². The van der Waals surface area contributed by atoms with Gasteiger partial charge in [-0.15, -0.1) is 12.4 Å². The smallest absolute Gasteiger partial charge is 0.134 e. The number of nitrogen functional groups attached to an aromatic ring is 1. The number of anilines is 2. The Bertz CT molecular complexity index is 574. The van der Waals surface area contributed by atoms with E-state index in [-0.39, 0.29) is 12.4 Å². The molecule has 1 fully saturated rings. The van der Waals surface area contributed by atoms with Gasteiger partial charge in [0, 0.05) is 36.7 Å². The molecule has 0 saturated carbocycles. The second kappa shape index (κ2) is 5.59. The molecule has 2 heterocycles. The molecule has 1 aromatic heterocycles. The maximum absolute atomic E-state index is 5.90. The molecule has 1 atom stereocenters. The Kier molecular flexibility index (Phi) is 4.07. The van der Waals surface area contributed by atoms with Crippen LogP contribution in [0, 0.1) is 0 Å². The highest BCUT2D eigenvalue weighted by Gasteiger charge is 2.16. The normalized spacial score (nSPS) is 19.2. The lowest BCUT2D eigenvalue weighted by Crippen LogP contribution is -2.49. The van der Waals surface area contributed by atoms with Crippen molar-refractivity contribution in [3.05, 3.63) is 24.5 Å². The summed E-state index contributed by atoms with van der Waals surface area (Å²) in [5.41, 5.74) is 7.99. The quantitative estimate of drug-likeness (QED) is 0.827. The summed E-state index contributed by atoms with van der Waals surface area (Å²) in [6, 6.07) is 6.71. The van der Waals surface area contributed by atoms with Crippen molar-refractivity contribution in [2.45, 2.75) is 13.0 Å². The minimum absolute atomic E-state index is 0. The van der Waals surface area contributed by atoms with Crippen molar-refractivity contribution < 1.29 is 0 Å². The zero-order valence-corrected chi connectivity index (χ0v) is 11.7. The molecule has 0 bridgehead atoms. The van der Waals surface area contributed by atoms with Crippen LogP contribution in [0.15, 0.2) is 24.5 Å². The number of hydrogen-bond acceptors (Lipinski definition) is 5. The van der Waals surface area contributed by atoms with E-state index < -0.39 is 0 Å². The maximum atomic E-state index is 5.90. The molecule has 0 radical (unpaired) electrons. The fourth-order valence-corrected chi connectivity index (χ4v) is 2.43. The van der Waals surface area contributed by atoms with Crippen LogP contribution in [0.3, 0.4) is 0 Å². The van der Waals surface area contributed by atoms with Crippen LogP contribution in [0.4, 0.5) is 11.5 Å². The maximum Gasteiger partial charge on any atom is 0.134 e. The molecule has 0 aliphatic carbocycles. The van der Waals surface area contributed by atoms with Crippen LogP contribution in [0.5, 0.6) is 0 Å². The summed E-state index contributed by atoms with van der Waals surface area (Å²) in [6.07, 6.45) is 1.50. The van der Waals surface area contributed by atoms with Gasteiger partial charge in [0.25, 0.3) is 0 Å². The highest BCUT2D eigenvalue weighted by Crippen LogP contribution is 2.24. The Labute approximate surface area is 118 Å². The van der Waals surface area contributed by atoms with Crippen molar-refractivity contribution in [3.8, 4) is 0 Å². The fourth-order valence-electron chi connectivity index (χ4n) is 2.43. The minimum atomic E-state index is 0. The van der Waals surface area contributed by atoms with Gasteiger partial charge in [-0.25, -0.2) is 9.97 Å². The molecule has 1 aromatic carbocycles. The first kappa shape index (κ1) is 13.8. The van der Waals surface area contributed by atoms with Gasteiger partial charge in [-0.1, -0.05) is 0 Å². The monoisotopic (exact) mass is 279 g/mol. The van der Waals surface area contributed by atoms with E-state index in [9.17, 15) is 0 Å². The zero-order valence-electron chi connectivity index (χ0n) is 10.8. The van der Waals surface area contributed by atoms with Gasteiger partial charge >= 0.3 is 0 Å². The lowest BCUT2D eigenvalue weighted by Gasteiger charge is -2.33. The molecule has 3 rings (SSSR count). The van der Waals surface area contributed by atoms with Gasteiger partial charge in [-0.05, 0) is 25.1 Å². The number of benzene rings is 1. The molecule has 0 spiro atoms. The number of nitrogens with zero attached hydrogens (tertiary/aromatic N) is 3. The summed E-state index contributed by atoms with van der Waals surface area (Å²) >= 11 is 0. The molecule has 5 nitrogen and oxygen atoms in total. The zero-order chi connectivity index (χ0) is 12.5. The van der Waals surface area contributed by atoms with Crippen molar-refractivity contribution in [1.82, 2.24) is 15.3 Å². The molecule has 1 unspecified atom stereocenters. The van der Waals surface area contributed by atoms with E-state index in [1.807, 2.05) is 6.07 Å². The van der Waals surface area contributed by atoms with Crippen molar-refractivity contribution in [2.75, 3.05) is 30.3 Å². The third kappa shape index (κ3) is 2.72. The molecule has 102 valence electrons. The predicted molar refractivity (Wildman–Crippen MR) is 80.9 cm³/mol. The Morgan fingerprint density at radius 3 is 3.00 bits per heavy atom. The Balaban J connectivity index is 0.00000133. The van der Waals surface area contributed by atoms with Gasteiger partial charge in [-0.2, -0.15) is 0 Å².